The first-order chi connectivity index (χ1) is 13.0. The van der Waals surface area contributed by atoms with Gasteiger partial charge >= 0.3 is 5.97 Å². The lowest BCUT2D eigenvalue weighted by Gasteiger charge is -2.38. The maximum absolute atomic E-state index is 12.5. The van der Waals surface area contributed by atoms with Gasteiger partial charge < -0.3 is 19.9 Å². The van der Waals surface area contributed by atoms with E-state index in [9.17, 15) is 9.59 Å². The average molecular weight is 389 g/mol. The van der Waals surface area contributed by atoms with Gasteiger partial charge in [0.15, 0.2) is 0 Å². The van der Waals surface area contributed by atoms with Crippen LogP contribution in [0.3, 0.4) is 0 Å². The van der Waals surface area contributed by atoms with Crippen molar-refractivity contribution in [3.63, 3.8) is 0 Å². The highest BCUT2D eigenvalue weighted by molar-refractivity contribution is 7.15. The molecule has 1 fully saturated rings. The molecule has 2 N–H and O–H groups in total. The van der Waals surface area contributed by atoms with Crippen LogP contribution in [-0.4, -0.2) is 43.3 Å². The van der Waals surface area contributed by atoms with Gasteiger partial charge in [0.25, 0.3) is 5.91 Å². The number of carbonyl (C=O) groups excluding carboxylic acids is 1. The topological polar surface area (TPSA) is 84.9 Å². The number of amides is 1. The molecule has 1 aliphatic rings. The molecule has 0 unspecified atom stereocenters. The van der Waals surface area contributed by atoms with Crippen LogP contribution in [0.25, 0.3) is 0 Å². The van der Waals surface area contributed by atoms with Gasteiger partial charge in [0, 0.05) is 25.2 Å². The number of hydrogen-bond acceptors (Lipinski definition) is 5. The van der Waals surface area contributed by atoms with E-state index in [-0.39, 0.29) is 16.2 Å². The van der Waals surface area contributed by atoms with Crippen LogP contribution in [0.1, 0.15) is 44.7 Å². The largest absolute Gasteiger partial charge is 0.494 e. The summed E-state index contributed by atoms with van der Waals surface area (Å²) in [5, 5.41) is 12.0. The smallest absolute Gasteiger partial charge is 0.345 e. The van der Waals surface area contributed by atoms with Crippen LogP contribution >= 0.6 is 11.3 Å². The van der Waals surface area contributed by atoms with Gasteiger partial charge in [-0.3, -0.25) is 4.79 Å². The Morgan fingerprint density at radius 3 is 2.41 bits per heavy atom. The van der Waals surface area contributed by atoms with Gasteiger partial charge in [0.05, 0.1) is 11.5 Å². The van der Waals surface area contributed by atoms with Crippen molar-refractivity contribution in [2.24, 2.45) is 0 Å². The monoisotopic (exact) mass is 389 g/mol. The Labute approximate surface area is 162 Å². The zero-order chi connectivity index (χ0) is 19.3. The van der Waals surface area contributed by atoms with E-state index < -0.39 is 5.97 Å². The van der Waals surface area contributed by atoms with E-state index in [0.717, 1.165) is 35.5 Å². The molecular weight excluding hydrogens is 366 g/mol. The lowest BCUT2D eigenvalue weighted by atomic mass is 9.74. The van der Waals surface area contributed by atoms with E-state index in [4.69, 9.17) is 14.6 Å². The third-order valence-corrected chi connectivity index (χ3v) is 5.93. The van der Waals surface area contributed by atoms with Gasteiger partial charge in [0.2, 0.25) is 0 Å². The number of carbonyl (C=O) groups is 2. The van der Waals surface area contributed by atoms with Crippen LogP contribution in [0.5, 0.6) is 5.75 Å². The minimum absolute atomic E-state index is 0.160. The Balaban J connectivity index is 1.74. The van der Waals surface area contributed by atoms with Crippen LogP contribution in [0, 0.1) is 0 Å². The fourth-order valence-electron chi connectivity index (χ4n) is 3.31. The molecule has 0 atom stereocenters. The van der Waals surface area contributed by atoms with Gasteiger partial charge in [-0.25, -0.2) is 4.79 Å². The normalized spacial score (nSPS) is 15.9. The molecule has 1 aromatic carbocycles. The lowest BCUT2D eigenvalue weighted by Crippen LogP contribution is -2.44. The van der Waals surface area contributed by atoms with E-state index in [1.54, 1.807) is 6.07 Å². The van der Waals surface area contributed by atoms with E-state index >= 15 is 0 Å². The third-order valence-electron chi connectivity index (χ3n) is 4.86. The minimum atomic E-state index is -1.02. The molecule has 1 saturated heterocycles. The summed E-state index contributed by atoms with van der Waals surface area (Å²) in [5.41, 5.74) is 0.942. The predicted molar refractivity (Wildman–Crippen MR) is 103 cm³/mol. The van der Waals surface area contributed by atoms with Crippen LogP contribution in [0.15, 0.2) is 36.4 Å². The number of carboxylic acids is 1. The highest BCUT2D eigenvalue weighted by Crippen LogP contribution is 2.35. The Kier molecular flexibility index (Phi) is 6.13. The molecule has 3 rings (SSSR count). The summed E-state index contributed by atoms with van der Waals surface area (Å²) in [5.74, 6) is -0.439. The third kappa shape index (κ3) is 4.48. The van der Waals surface area contributed by atoms with Crippen molar-refractivity contribution in [3.05, 3.63) is 51.7 Å². The van der Waals surface area contributed by atoms with Crippen LogP contribution in [0.2, 0.25) is 0 Å². The van der Waals surface area contributed by atoms with Crippen molar-refractivity contribution in [2.45, 2.75) is 25.2 Å². The number of nitrogens with one attached hydrogen (secondary N) is 1. The van der Waals surface area contributed by atoms with E-state index in [0.29, 0.717) is 31.2 Å². The van der Waals surface area contributed by atoms with Crippen molar-refractivity contribution in [1.29, 1.82) is 0 Å². The summed E-state index contributed by atoms with van der Waals surface area (Å²) in [6.07, 6.45) is 1.62. The first kappa shape index (κ1) is 19.4. The molecule has 144 valence electrons. The molecule has 0 radical (unpaired) electrons. The highest BCUT2D eigenvalue weighted by Gasteiger charge is 2.35. The van der Waals surface area contributed by atoms with Crippen LogP contribution in [-0.2, 0) is 10.2 Å². The summed E-state index contributed by atoms with van der Waals surface area (Å²) >= 11 is 0.985. The summed E-state index contributed by atoms with van der Waals surface area (Å²) in [7, 11) is 0. The molecule has 0 saturated carbocycles. The summed E-state index contributed by atoms with van der Waals surface area (Å²) in [6.45, 7) is 4.33. The second kappa shape index (κ2) is 8.54. The second-order valence-electron chi connectivity index (χ2n) is 6.50. The van der Waals surface area contributed by atoms with Crippen LogP contribution in [0.4, 0.5) is 0 Å². The quantitative estimate of drug-likeness (QED) is 0.759. The van der Waals surface area contributed by atoms with Crippen molar-refractivity contribution in [3.8, 4) is 5.75 Å². The molecule has 2 heterocycles. The van der Waals surface area contributed by atoms with E-state index in [1.165, 1.54) is 6.07 Å². The number of thiophene rings is 1. The standard InChI is InChI=1S/C20H23NO5S/c1-2-26-15-5-3-14(4-6-15)20(9-11-25-12-10-20)13-21-18(22)16-7-8-17(27-16)19(23)24/h3-8H,2,9-13H2,1H3,(H,21,22)(H,23,24). The van der Waals surface area contributed by atoms with E-state index in [2.05, 4.69) is 17.4 Å². The zero-order valence-electron chi connectivity index (χ0n) is 15.2. The van der Waals surface area contributed by atoms with Gasteiger partial charge in [-0.05, 0) is 49.6 Å². The minimum Gasteiger partial charge on any atom is -0.494 e. The number of carboxylic acid groups (broad SMARTS) is 1. The van der Waals surface area contributed by atoms with Crippen LogP contribution < -0.4 is 10.1 Å². The lowest BCUT2D eigenvalue weighted by molar-refractivity contribution is 0.0487. The number of rotatable bonds is 7. The first-order valence-corrected chi connectivity index (χ1v) is 9.78. The van der Waals surface area contributed by atoms with E-state index in [1.807, 2.05) is 19.1 Å². The maximum atomic E-state index is 12.5. The fourth-order valence-corrected chi connectivity index (χ4v) is 4.07. The zero-order valence-corrected chi connectivity index (χ0v) is 16.0. The first-order valence-electron chi connectivity index (χ1n) is 8.96. The molecule has 0 aliphatic carbocycles. The van der Waals surface area contributed by atoms with Gasteiger partial charge in [-0.2, -0.15) is 0 Å². The molecule has 0 spiro atoms. The van der Waals surface area contributed by atoms with Gasteiger partial charge in [0.1, 0.15) is 10.6 Å². The van der Waals surface area contributed by atoms with Crippen molar-refractivity contribution >= 4 is 23.2 Å². The molecule has 0 bridgehead atoms. The Bertz CT molecular complexity index is 793. The molecule has 1 aromatic heterocycles. The summed E-state index contributed by atoms with van der Waals surface area (Å²) < 4.78 is 11.0. The number of hydrogen-bond donors (Lipinski definition) is 2. The SMILES string of the molecule is CCOc1ccc(C2(CNC(=O)c3ccc(C(=O)O)s3)CCOCC2)cc1. The Morgan fingerprint density at radius 1 is 1.15 bits per heavy atom. The molecule has 6 nitrogen and oxygen atoms in total. The Morgan fingerprint density at radius 2 is 1.81 bits per heavy atom. The molecule has 2 aromatic rings. The molecule has 1 amide bonds. The Hall–Kier alpha value is -2.38. The van der Waals surface area contributed by atoms with Crippen molar-refractivity contribution in [1.82, 2.24) is 5.32 Å². The number of aromatic carboxylic acids is 1. The number of benzene rings is 1. The molecule has 1 aliphatic heterocycles. The van der Waals surface area contributed by atoms with Gasteiger partial charge in [-0.1, -0.05) is 12.1 Å². The maximum Gasteiger partial charge on any atom is 0.345 e. The molecular formula is C20H23NO5S. The average Bonchev–Trinajstić information content (AvgIpc) is 3.18. The summed E-state index contributed by atoms with van der Waals surface area (Å²) in [6, 6.07) is 11.0. The molecule has 7 heteroatoms. The van der Waals surface area contributed by atoms with Crippen molar-refractivity contribution < 1.29 is 24.2 Å². The second-order valence-corrected chi connectivity index (χ2v) is 7.59. The molecule has 27 heavy (non-hydrogen) atoms. The highest BCUT2D eigenvalue weighted by atomic mass is 32.1. The number of ether oxygens (including phenoxy) is 2. The summed E-state index contributed by atoms with van der Waals surface area (Å²) in [4.78, 5) is 24.1. The predicted octanol–water partition coefficient (Wildman–Crippen LogP) is 3.32. The van der Waals surface area contributed by atoms with Crippen molar-refractivity contribution in [2.75, 3.05) is 26.4 Å². The fraction of sp³-hybridized carbons (Fsp3) is 0.400. The van der Waals surface area contributed by atoms with Gasteiger partial charge in [-0.15, -0.1) is 11.3 Å².